The molecule has 1 atom stereocenters. The van der Waals surface area contributed by atoms with Gasteiger partial charge in [0.15, 0.2) is 5.84 Å². The first-order valence-corrected chi connectivity index (χ1v) is 3.12. The molecule has 4 nitrogen and oxygen atoms in total. The first kappa shape index (κ1) is 6.12. The van der Waals surface area contributed by atoms with Crippen LogP contribution in [-0.4, -0.2) is 9.68 Å². The Hall–Kier alpha value is -0.0100. The molecule has 5 heteroatoms. The lowest BCUT2D eigenvalue weighted by Crippen LogP contribution is -3.02. The molecule has 1 aliphatic heterocycles. The second-order valence-corrected chi connectivity index (χ2v) is 2.39. The van der Waals surface area contributed by atoms with E-state index in [1.165, 1.54) is 0 Å². The van der Waals surface area contributed by atoms with E-state index in [-0.39, 0.29) is 5.17 Å². The average molecular weight is 225 g/mol. The number of halogens is 1. The zero-order chi connectivity index (χ0) is 6.15. The normalized spacial score (nSPS) is 27.6. The minimum absolute atomic E-state index is 0.219. The van der Waals surface area contributed by atoms with Crippen LogP contribution in [0.4, 0.5) is 0 Å². The summed E-state index contributed by atoms with van der Waals surface area (Å²) in [5.74, 6) is 0.555. The fraction of sp³-hybridized carbons (Fsp3) is 0.333. The summed E-state index contributed by atoms with van der Waals surface area (Å²) < 4.78 is 0.458. The molecule has 8 heavy (non-hydrogen) atoms. The smallest absolute Gasteiger partial charge is 0.290 e. The van der Waals surface area contributed by atoms with Gasteiger partial charge in [0.25, 0.3) is 3.84 Å². The van der Waals surface area contributed by atoms with Gasteiger partial charge in [-0.3, -0.25) is 0 Å². The summed E-state index contributed by atoms with van der Waals surface area (Å²) >= 11 is 1.86. The summed E-state index contributed by atoms with van der Waals surface area (Å²) in [6.07, 6.45) is 0. The van der Waals surface area contributed by atoms with Gasteiger partial charge >= 0.3 is 0 Å². The van der Waals surface area contributed by atoms with Crippen LogP contribution in [0.25, 0.3) is 0 Å². The Morgan fingerprint density at radius 1 is 1.75 bits per heavy atom. The molecular weight excluding hydrogens is 221 g/mol. The maximum atomic E-state index is 10.5. The number of hydroxylamine groups is 1. The number of quaternary nitrogens is 1. The van der Waals surface area contributed by atoms with Crippen molar-refractivity contribution < 1.29 is 5.17 Å². The SMILES string of the molecule is CC1=N[NH+]([O-])C(I)=N1. The zero-order valence-corrected chi connectivity index (χ0v) is 6.34. The molecule has 0 aromatic heterocycles. The third kappa shape index (κ3) is 1.04. The highest BCUT2D eigenvalue weighted by Crippen LogP contribution is 1.89. The highest BCUT2D eigenvalue weighted by Gasteiger charge is 2.11. The Labute approximate surface area is 60.0 Å². The van der Waals surface area contributed by atoms with Crippen molar-refractivity contribution in [2.24, 2.45) is 10.1 Å². The van der Waals surface area contributed by atoms with E-state index >= 15 is 0 Å². The van der Waals surface area contributed by atoms with Gasteiger partial charge in [0.05, 0.1) is 22.6 Å². The van der Waals surface area contributed by atoms with Crippen molar-refractivity contribution in [2.75, 3.05) is 0 Å². The van der Waals surface area contributed by atoms with Crippen molar-refractivity contribution in [2.45, 2.75) is 6.92 Å². The Kier molecular flexibility index (Phi) is 1.59. The Balaban J connectivity index is 2.78. The first-order chi connectivity index (χ1) is 3.70. The number of hydrogen-bond acceptors (Lipinski definition) is 3. The third-order valence-corrected chi connectivity index (χ3v) is 1.40. The van der Waals surface area contributed by atoms with Gasteiger partial charge < -0.3 is 5.21 Å². The predicted octanol–water partition coefficient (Wildman–Crippen LogP) is -0.493. The summed E-state index contributed by atoms with van der Waals surface area (Å²) in [4.78, 5) is 3.77. The van der Waals surface area contributed by atoms with Crippen molar-refractivity contribution >= 4 is 32.3 Å². The molecule has 0 saturated heterocycles. The number of hydrogen-bond donors (Lipinski definition) is 1. The van der Waals surface area contributed by atoms with E-state index in [9.17, 15) is 5.21 Å². The lowest BCUT2D eigenvalue weighted by Gasteiger charge is -2.04. The van der Waals surface area contributed by atoms with Crippen LogP contribution in [0.15, 0.2) is 10.1 Å². The number of amidine groups is 2. The minimum atomic E-state index is -0.219. The molecule has 0 aromatic rings. The predicted molar refractivity (Wildman–Crippen MR) is 38.9 cm³/mol. The summed E-state index contributed by atoms with van der Waals surface area (Å²) in [5.41, 5.74) is 0. The number of aliphatic imine (C=N–C) groups is 1. The van der Waals surface area contributed by atoms with Gasteiger partial charge in [0.2, 0.25) is 0 Å². The van der Waals surface area contributed by atoms with Gasteiger partial charge in [-0.2, -0.15) is 10.2 Å². The van der Waals surface area contributed by atoms with Gasteiger partial charge in [-0.1, -0.05) is 5.10 Å². The summed E-state index contributed by atoms with van der Waals surface area (Å²) in [5, 5.41) is 13.8. The molecule has 1 heterocycles. The quantitative estimate of drug-likeness (QED) is 0.337. The van der Waals surface area contributed by atoms with Gasteiger partial charge in [-0.05, 0) is 0 Å². The van der Waals surface area contributed by atoms with Crippen molar-refractivity contribution in [1.82, 2.24) is 0 Å². The van der Waals surface area contributed by atoms with E-state index in [2.05, 4.69) is 10.1 Å². The van der Waals surface area contributed by atoms with Crippen LogP contribution in [0.1, 0.15) is 6.92 Å². The Bertz CT molecular complexity index is 164. The average Bonchev–Trinajstić information content (AvgIpc) is 1.85. The van der Waals surface area contributed by atoms with Crippen LogP contribution < -0.4 is 5.17 Å². The van der Waals surface area contributed by atoms with Crippen molar-refractivity contribution in [1.29, 1.82) is 0 Å². The van der Waals surface area contributed by atoms with Crippen molar-refractivity contribution in [3.8, 4) is 0 Å². The standard InChI is InChI=1S/C3H4IN3O/c1-2-5-3(4)7(8)6-2/h7H,1H3. The second-order valence-electron chi connectivity index (χ2n) is 1.37. The molecule has 44 valence electrons. The summed E-state index contributed by atoms with van der Waals surface area (Å²) in [7, 11) is 0. The van der Waals surface area contributed by atoms with Crippen LogP contribution in [0.2, 0.25) is 0 Å². The lowest BCUT2D eigenvalue weighted by atomic mass is 10.7. The van der Waals surface area contributed by atoms with Crippen LogP contribution in [-0.2, 0) is 0 Å². The fourth-order valence-corrected chi connectivity index (χ4v) is 0.878. The van der Waals surface area contributed by atoms with Crippen LogP contribution in [0, 0.1) is 5.21 Å². The molecule has 1 N–H and O–H groups in total. The van der Waals surface area contributed by atoms with Gasteiger partial charge in [0, 0.05) is 6.92 Å². The van der Waals surface area contributed by atoms with Crippen molar-refractivity contribution in [3.05, 3.63) is 5.21 Å². The molecule has 0 aromatic carbocycles. The van der Waals surface area contributed by atoms with E-state index in [0.29, 0.717) is 9.68 Å². The van der Waals surface area contributed by atoms with Gasteiger partial charge in [0.1, 0.15) is 0 Å². The Morgan fingerprint density at radius 3 is 2.50 bits per heavy atom. The molecule has 0 radical (unpaired) electrons. The second kappa shape index (κ2) is 2.08. The molecule has 0 bridgehead atoms. The molecule has 0 saturated carbocycles. The van der Waals surface area contributed by atoms with Crippen LogP contribution >= 0.6 is 22.6 Å². The first-order valence-electron chi connectivity index (χ1n) is 2.04. The number of nitrogens with zero attached hydrogens (tertiary/aromatic N) is 2. The molecule has 0 amide bonds. The molecular formula is C3H4IN3O. The highest BCUT2D eigenvalue weighted by atomic mass is 127. The van der Waals surface area contributed by atoms with Crippen LogP contribution in [0.3, 0.4) is 0 Å². The van der Waals surface area contributed by atoms with E-state index in [4.69, 9.17) is 0 Å². The molecule has 1 aliphatic rings. The highest BCUT2D eigenvalue weighted by molar-refractivity contribution is 14.1. The monoisotopic (exact) mass is 225 g/mol. The summed E-state index contributed by atoms with van der Waals surface area (Å²) in [6.45, 7) is 1.70. The molecule has 0 aliphatic carbocycles. The fourth-order valence-electron chi connectivity index (χ4n) is 0.408. The summed E-state index contributed by atoms with van der Waals surface area (Å²) in [6, 6.07) is 0. The zero-order valence-electron chi connectivity index (χ0n) is 4.18. The maximum Gasteiger partial charge on any atom is 0.290 e. The maximum absolute atomic E-state index is 10.5. The molecule has 0 spiro atoms. The molecule has 0 fully saturated rings. The Morgan fingerprint density at radius 2 is 2.38 bits per heavy atom. The van der Waals surface area contributed by atoms with Crippen LogP contribution in [0.5, 0.6) is 0 Å². The van der Waals surface area contributed by atoms with E-state index < -0.39 is 0 Å². The van der Waals surface area contributed by atoms with Gasteiger partial charge in [-0.25, -0.2) is 0 Å². The lowest BCUT2D eigenvalue weighted by molar-refractivity contribution is -0.745. The van der Waals surface area contributed by atoms with Crippen molar-refractivity contribution in [3.63, 3.8) is 0 Å². The third-order valence-electron chi connectivity index (χ3n) is 0.700. The van der Waals surface area contributed by atoms with E-state index in [1.807, 2.05) is 22.6 Å². The minimum Gasteiger partial charge on any atom is -0.599 e. The topological polar surface area (TPSA) is 52.2 Å². The molecule has 1 rings (SSSR count). The van der Waals surface area contributed by atoms with Gasteiger partial charge in [-0.15, -0.1) is 0 Å². The van der Waals surface area contributed by atoms with E-state index in [1.54, 1.807) is 6.92 Å². The largest absolute Gasteiger partial charge is 0.599 e. The number of rotatable bonds is 0. The van der Waals surface area contributed by atoms with E-state index in [0.717, 1.165) is 0 Å². The number of nitrogens with one attached hydrogen (secondary N) is 1. The molecule has 1 unspecified atom stereocenters.